The van der Waals surface area contributed by atoms with Crippen LogP contribution < -0.4 is 5.32 Å². The van der Waals surface area contributed by atoms with Crippen LogP contribution in [0.5, 0.6) is 0 Å². The van der Waals surface area contributed by atoms with Gasteiger partial charge in [0.1, 0.15) is 0 Å². The maximum absolute atomic E-state index is 3.51. The molecule has 0 aromatic heterocycles. The van der Waals surface area contributed by atoms with E-state index in [9.17, 15) is 0 Å². The normalized spacial score (nSPS) is 26.1. The molecule has 0 bridgehead atoms. The van der Waals surface area contributed by atoms with Gasteiger partial charge in [0.15, 0.2) is 0 Å². The van der Waals surface area contributed by atoms with E-state index in [0.29, 0.717) is 12.0 Å². The van der Waals surface area contributed by atoms with Crippen LogP contribution in [0.1, 0.15) is 24.1 Å². The molecule has 1 aromatic carbocycles. The van der Waals surface area contributed by atoms with Crippen molar-refractivity contribution in [1.29, 1.82) is 0 Å². The highest BCUT2D eigenvalue weighted by Gasteiger charge is 2.27. The molecule has 1 N–H and O–H groups in total. The summed E-state index contributed by atoms with van der Waals surface area (Å²) in [5, 5.41) is 3.38. The molecule has 13 heavy (non-hydrogen) atoms. The summed E-state index contributed by atoms with van der Waals surface area (Å²) < 4.78 is 1.18. The molecule has 2 heteroatoms. The Morgan fingerprint density at radius 1 is 1.46 bits per heavy atom. The van der Waals surface area contributed by atoms with Crippen molar-refractivity contribution >= 4 is 15.9 Å². The third kappa shape index (κ3) is 1.53. The fraction of sp³-hybridized carbons (Fsp3) is 0.455. The molecule has 2 unspecified atom stereocenters. The van der Waals surface area contributed by atoms with Crippen LogP contribution in [0.25, 0.3) is 0 Å². The highest BCUT2D eigenvalue weighted by Crippen LogP contribution is 2.36. The lowest BCUT2D eigenvalue weighted by Gasteiger charge is -2.15. The summed E-state index contributed by atoms with van der Waals surface area (Å²) in [4.78, 5) is 0. The Kier molecular flexibility index (Phi) is 2.43. The minimum atomic E-state index is 0.535. The first kappa shape index (κ1) is 9.22. The Labute approximate surface area is 87.7 Å². The van der Waals surface area contributed by atoms with Crippen molar-refractivity contribution in [2.45, 2.75) is 19.4 Å². The van der Waals surface area contributed by atoms with E-state index < -0.39 is 0 Å². The van der Waals surface area contributed by atoms with Crippen LogP contribution >= 0.6 is 15.9 Å². The summed E-state index contributed by atoms with van der Waals surface area (Å²) >= 11 is 3.51. The first-order chi connectivity index (χ1) is 6.22. The molecular weight excluding hydrogens is 226 g/mol. The maximum atomic E-state index is 3.51. The molecule has 0 saturated heterocycles. The van der Waals surface area contributed by atoms with Crippen molar-refractivity contribution in [3.63, 3.8) is 0 Å². The SMILES string of the molecule is CNC1c2cc(Br)ccc2CC1C. The van der Waals surface area contributed by atoms with Gasteiger partial charge in [0.2, 0.25) is 0 Å². The van der Waals surface area contributed by atoms with E-state index in [1.165, 1.54) is 22.0 Å². The van der Waals surface area contributed by atoms with Crippen molar-refractivity contribution in [1.82, 2.24) is 5.32 Å². The summed E-state index contributed by atoms with van der Waals surface area (Å²) in [6.07, 6.45) is 1.20. The molecule has 1 nitrogen and oxygen atoms in total. The van der Waals surface area contributed by atoms with Gasteiger partial charge < -0.3 is 5.32 Å². The van der Waals surface area contributed by atoms with Crippen LogP contribution in [-0.4, -0.2) is 7.05 Å². The lowest BCUT2D eigenvalue weighted by atomic mass is 10.0. The number of halogens is 1. The van der Waals surface area contributed by atoms with E-state index in [0.717, 1.165) is 0 Å². The van der Waals surface area contributed by atoms with Crippen molar-refractivity contribution in [3.8, 4) is 0 Å². The quantitative estimate of drug-likeness (QED) is 0.795. The summed E-state index contributed by atoms with van der Waals surface area (Å²) in [6, 6.07) is 7.13. The number of rotatable bonds is 1. The first-order valence-corrected chi connectivity index (χ1v) is 5.47. The molecule has 0 spiro atoms. The molecule has 0 heterocycles. The van der Waals surface area contributed by atoms with Gasteiger partial charge in [0.25, 0.3) is 0 Å². The smallest absolute Gasteiger partial charge is 0.0349 e. The minimum absolute atomic E-state index is 0.535. The second-order valence-corrected chi connectivity index (χ2v) is 4.71. The zero-order valence-electron chi connectivity index (χ0n) is 7.97. The molecule has 0 amide bonds. The Bertz CT molecular complexity index is 322. The second-order valence-electron chi connectivity index (χ2n) is 3.79. The van der Waals surface area contributed by atoms with Gasteiger partial charge in [-0.15, -0.1) is 0 Å². The average Bonchev–Trinajstić information content (AvgIpc) is 2.40. The van der Waals surface area contributed by atoms with Crippen molar-refractivity contribution in [2.24, 2.45) is 5.92 Å². The van der Waals surface area contributed by atoms with Gasteiger partial charge in [-0.25, -0.2) is 0 Å². The Balaban J connectivity index is 2.44. The average molecular weight is 240 g/mol. The third-order valence-corrected chi connectivity index (χ3v) is 3.36. The molecule has 70 valence electrons. The Morgan fingerprint density at radius 2 is 2.23 bits per heavy atom. The molecular formula is C11H14BrN. The fourth-order valence-electron chi connectivity index (χ4n) is 2.25. The number of fused-ring (bicyclic) bond motifs is 1. The molecule has 2 atom stereocenters. The van der Waals surface area contributed by atoms with Crippen LogP contribution in [0, 0.1) is 5.92 Å². The number of hydrogen-bond donors (Lipinski definition) is 1. The van der Waals surface area contributed by atoms with Crippen molar-refractivity contribution < 1.29 is 0 Å². The maximum Gasteiger partial charge on any atom is 0.0349 e. The lowest BCUT2D eigenvalue weighted by molar-refractivity contribution is 0.447. The molecule has 1 aliphatic carbocycles. The standard InChI is InChI=1S/C11H14BrN/c1-7-5-8-3-4-9(12)6-10(8)11(7)13-2/h3-4,6-7,11,13H,5H2,1-2H3. The zero-order chi connectivity index (χ0) is 9.42. The van der Waals surface area contributed by atoms with Gasteiger partial charge in [0, 0.05) is 10.5 Å². The fourth-order valence-corrected chi connectivity index (χ4v) is 2.63. The Hall–Kier alpha value is -0.340. The summed E-state index contributed by atoms with van der Waals surface area (Å²) in [5.74, 6) is 0.717. The Morgan fingerprint density at radius 3 is 2.92 bits per heavy atom. The van der Waals surface area contributed by atoms with Crippen LogP contribution in [0.3, 0.4) is 0 Å². The zero-order valence-corrected chi connectivity index (χ0v) is 9.56. The molecule has 0 fully saturated rings. The van der Waals surface area contributed by atoms with Crippen LogP contribution in [0.15, 0.2) is 22.7 Å². The number of hydrogen-bond acceptors (Lipinski definition) is 1. The van der Waals surface area contributed by atoms with Gasteiger partial charge in [0.05, 0.1) is 0 Å². The van der Waals surface area contributed by atoms with Gasteiger partial charge in [-0.3, -0.25) is 0 Å². The third-order valence-electron chi connectivity index (χ3n) is 2.86. The van der Waals surface area contributed by atoms with Crippen molar-refractivity contribution in [3.05, 3.63) is 33.8 Å². The summed E-state index contributed by atoms with van der Waals surface area (Å²) in [5.41, 5.74) is 2.96. The second kappa shape index (κ2) is 3.43. The molecule has 0 aliphatic heterocycles. The molecule has 1 aliphatic rings. The van der Waals surface area contributed by atoms with Crippen LogP contribution in [-0.2, 0) is 6.42 Å². The van der Waals surface area contributed by atoms with E-state index in [-0.39, 0.29) is 0 Å². The predicted octanol–water partition coefficient (Wildman–Crippen LogP) is 2.90. The monoisotopic (exact) mass is 239 g/mol. The highest BCUT2D eigenvalue weighted by atomic mass is 79.9. The minimum Gasteiger partial charge on any atom is -0.313 e. The van der Waals surface area contributed by atoms with E-state index in [1.54, 1.807) is 0 Å². The largest absolute Gasteiger partial charge is 0.313 e. The van der Waals surface area contributed by atoms with Gasteiger partial charge >= 0.3 is 0 Å². The van der Waals surface area contributed by atoms with Gasteiger partial charge in [-0.1, -0.05) is 28.9 Å². The van der Waals surface area contributed by atoms with E-state index >= 15 is 0 Å². The van der Waals surface area contributed by atoms with Crippen molar-refractivity contribution in [2.75, 3.05) is 7.05 Å². The lowest BCUT2D eigenvalue weighted by Crippen LogP contribution is -2.19. The number of benzene rings is 1. The van der Waals surface area contributed by atoms with Gasteiger partial charge in [-0.2, -0.15) is 0 Å². The number of nitrogens with one attached hydrogen (secondary N) is 1. The topological polar surface area (TPSA) is 12.0 Å². The molecule has 0 saturated carbocycles. The summed E-state index contributed by atoms with van der Waals surface area (Å²) in [6.45, 7) is 2.30. The molecule has 0 radical (unpaired) electrons. The molecule has 2 rings (SSSR count). The summed E-state index contributed by atoms with van der Waals surface area (Å²) in [7, 11) is 2.04. The van der Waals surface area contributed by atoms with E-state index in [1.807, 2.05) is 7.05 Å². The van der Waals surface area contributed by atoms with Crippen LogP contribution in [0.2, 0.25) is 0 Å². The van der Waals surface area contributed by atoms with E-state index in [4.69, 9.17) is 0 Å². The highest BCUT2D eigenvalue weighted by molar-refractivity contribution is 9.10. The molecule has 1 aromatic rings. The van der Waals surface area contributed by atoms with Gasteiger partial charge in [-0.05, 0) is 42.6 Å². The first-order valence-electron chi connectivity index (χ1n) is 4.68. The van der Waals surface area contributed by atoms with Crippen LogP contribution in [0.4, 0.5) is 0 Å². The predicted molar refractivity (Wildman–Crippen MR) is 58.8 cm³/mol. The van der Waals surface area contributed by atoms with E-state index in [2.05, 4.69) is 46.4 Å².